The zero-order valence-corrected chi connectivity index (χ0v) is 20.2. The van der Waals surface area contributed by atoms with Gasteiger partial charge in [0.2, 0.25) is 0 Å². The number of piperazine rings is 1. The molecule has 0 radical (unpaired) electrons. The van der Waals surface area contributed by atoms with Crippen molar-refractivity contribution < 1.29 is 22.7 Å². The van der Waals surface area contributed by atoms with Crippen LogP contribution in [-0.2, 0) is 14.8 Å². The Morgan fingerprint density at radius 1 is 1.18 bits per heavy atom. The summed E-state index contributed by atoms with van der Waals surface area (Å²) in [7, 11) is -3.83. The third-order valence-electron chi connectivity index (χ3n) is 5.91. The molecule has 1 unspecified atom stereocenters. The molecule has 1 atom stereocenters. The van der Waals surface area contributed by atoms with Crippen LogP contribution < -0.4 is 25.0 Å². The highest BCUT2D eigenvalue weighted by molar-refractivity contribution is 7.92. The first kappa shape index (κ1) is 24.3. The van der Waals surface area contributed by atoms with Crippen LogP contribution in [0.15, 0.2) is 47.4 Å². The summed E-state index contributed by atoms with van der Waals surface area (Å²) in [6, 6.07) is 11.3. The topological polar surface area (TPSA) is 109 Å². The van der Waals surface area contributed by atoms with Gasteiger partial charge in [0.25, 0.3) is 15.9 Å². The van der Waals surface area contributed by atoms with Crippen LogP contribution in [0, 0.1) is 0 Å². The molecule has 0 aromatic heterocycles. The Morgan fingerprint density at radius 2 is 1.94 bits per heavy atom. The lowest BCUT2D eigenvalue weighted by atomic mass is 10.1. The molecule has 34 heavy (non-hydrogen) atoms. The highest BCUT2D eigenvalue weighted by Gasteiger charge is 2.23. The monoisotopic (exact) mass is 488 g/mol. The number of hydrogen-bond donors (Lipinski definition) is 3. The van der Waals surface area contributed by atoms with Gasteiger partial charge in [-0.1, -0.05) is 0 Å². The molecule has 2 fully saturated rings. The van der Waals surface area contributed by atoms with E-state index < -0.39 is 10.0 Å². The summed E-state index contributed by atoms with van der Waals surface area (Å²) in [5.74, 6) is 0.359. The van der Waals surface area contributed by atoms with Gasteiger partial charge < -0.3 is 25.0 Å². The zero-order chi connectivity index (χ0) is 24.0. The maximum Gasteiger partial charge on any atom is 0.261 e. The molecule has 2 aliphatic heterocycles. The van der Waals surface area contributed by atoms with Gasteiger partial charge in [-0.05, 0) is 62.2 Å². The Balaban J connectivity index is 1.55. The molecule has 0 bridgehead atoms. The molecular formula is C24H32N4O5S. The van der Waals surface area contributed by atoms with Crippen LogP contribution in [0.3, 0.4) is 0 Å². The Labute approximate surface area is 200 Å². The number of benzene rings is 2. The smallest absolute Gasteiger partial charge is 0.261 e. The van der Waals surface area contributed by atoms with Crippen molar-refractivity contribution in [3.63, 3.8) is 0 Å². The molecule has 1 amide bonds. The second-order valence-electron chi connectivity index (χ2n) is 8.32. The van der Waals surface area contributed by atoms with Crippen LogP contribution in [-0.4, -0.2) is 66.4 Å². The first-order chi connectivity index (χ1) is 16.5. The number of hydrogen-bond acceptors (Lipinski definition) is 7. The number of rotatable bonds is 9. The minimum atomic E-state index is -3.83. The zero-order valence-electron chi connectivity index (χ0n) is 19.4. The number of sulfonamides is 1. The number of carbonyl (C=O) groups is 1. The van der Waals surface area contributed by atoms with Gasteiger partial charge in [-0.3, -0.25) is 9.52 Å². The molecule has 0 saturated carbocycles. The van der Waals surface area contributed by atoms with Crippen molar-refractivity contribution in [3.05, 3.63) is 48.0 Å². The molecule has 0 spiro atoms. The minimum Gasteiger partial charge on any atom is -0.494 e. The normalized spacial score (nSPS) is 18.5. The molecule has 3 N–H and O–H groups in total. The van der Waals surface area contributed by atoms with Crippen LogP contribution in [0.4, 0.5) is 11.4 Å². The van der Waals surface area contributed by atoms with Gasteiger partial charge in [0.05, 0.1) is 23.2 Å². The summed E-state index contributed by atoms with van der Waals surface area (Å²) in [5, 5.41) is 6.27. The molecule has 2 aromatic carbocycles. The lowest BCUT2D eigenvalue weighted by Crippen LogP contribution is -2.44. The second-order valence-corrected chi connectivity index (χ2v) is 10.0. The maximum atomic E-state index is 13.2. The van der Waals surface area contributed by atoms with E-state index in [4.69, 9.17) is 9.47 Å². The van der Waals surface area contributed by atoms with Crippen molar-refractivity contribution in [2.24, 2.45) is 0 Å². The van der Waals surface area contributed by atoms with E-state index in [9.17, 15) is 13.2 Å². The van der Waals surface area contributed by atoms with Gasteiger partial charge in [0.15, 0.2) is 0 Å². The van der Waals surface area contributed by atoms with Gasteiger partial charge in [-0.25, -0.2) is 8.42 Å². The largest absolute Gasteiger partial charge is 0.494 e. The Morgan fingerprint density at radius 3 is 2.62 bits per heavy atom. The van der Waals surface area contributed by atoms with Crippen molar-refractivity contribution in [2.45, 2.75) is 30.8 Å². The van der Waals surface area contributed by atoms with Gasteiger partial charge in [0, 0.05) is 50.7 Å². The van der Waals surface area contributed by atoms with Crippen LogP contribution in [0.2, 0.25) is 0 Å². The van der Waals surface area contributed by atoms with Crippen LogP contribution in [0.1, 0.15) is 30.1 Å². The molecule has 2 aliphatic rings. The van der Waals surface area contributed by atoms with Crippen LogP contribution >= 0.6 is 0 Å². The molecule has 0 aliphatic carbocycles. The second kappa shape index (κ2) is 11.1. The van der Waals surface area contributed by atoms with Gasteiger partial charge in [0.1, 0.15) is 5.75 Å². The third-order valence-corrected chi connectivity index (χ3v) is 7.31. The van der Waals surface area contributed by atoms with Gasteiger partial charge >= 0.3 is 0 Å². The van der Waals surface area contributed by atoms with E-state index in [0.717, 1.165) is 51.3 Å². The van der Waals surface area contributed by atoms with Crippen molar-refractivity contribution in [1.82, 2.24) is 10.6 Å². The molecule has 10 heteroatoms. The fourth-order valence-corrected chi connectivity index (χ4v) is 5.22. The van der Waals surface area contributed by atoms with Crippen LogP contribution in [0.25, 0.3) is 0 Å². The Bertz CT molecular complexity index is 1080. The van der Waals surface area contributed by atoms with Crippen molar-refractivity contribution in [2.75, 3.05) is 55.6 Å². The van der Waals surface area contributed by atoms with Crippen molar-refractivity contribution in [3.8, 4) is 5.75 Å². The van der Waals surface area contributed by atoms with E-state index >= 15 is 0 Å². The first-order valence-electron chi connectivity index (χ1n) is 11.7. The highest BCUT2D eigenvalue weighted by atomic mass is 32.2. The van der Waals surface area contributed by atoms with Crippen molar-refractivity contribution in [1.29, 1.82) is 0 Å². The number of nitrogens with zero attached hydrogens (tertiary/aromatic N) is 1. The van der Waals surface area contributed by atoms with Gasteiger partial charge in [-0.2, -0.15) is 0 Å². The molecule has 2 heterocycles. The molecule has 2 saturated heterocycles. The average Bonchev–Trinajstić information content (AvgIpc) is 3.37. The standard InChI is InChI=1S/C24H32N4O5S/c1-2-32-19-6-8-21(9-7-19)34(30,31)27-18-5-10-23(28-13-11-25-12-14-28)22(16-18)24(29)26-17-20-4-3-15-33-20/h5-10,16,20,25,27H,2-4,11-15,17H2,1H3,(H,26,29). The molecular weight excluding hydrogens is 456 g/mol. The van der Waals surface area contributed by atoms with Crippen LogP contribution in [0.5, 0.6) is 5.75 Å². The lowest BCUT2D eigenvalue weighted by Gasteiger charge is -2.31. The summed E-state index contributed by atoms with van der Waals surface area (Å²) in [5.41, 5.74) is 1.55. The molecule has 184 valence electrons. The van der Waals surface area contributed by atoms with E-state index in [1.807, 2.05) is 13.0 Å². The van der Waals surface area contributed by atoms with E-state index in [1.54, 1.807) is 24.3 Å². The fourth-order valence-electron chi connectivity index (χ4n) is 4.17. The number of amides is 1. The summed E-state index contributed by atoms with van der Waals surface area (Å²) in [4.78, 5) is 15.4. The van der Waals surface area contributed by atoms with E-state index in [2.05, 4.69) is 20.3 Å². The summed E-state index contributed by atoms with van der Waals surface area (Å²) < 4.78 is 39.5. The fraction of sp³-hybridized carbons (Fsp3) is 0.458. The predicted octanol–water partition coefficient (Wildman–Crippen LogP) is 2.20. The van der Waals surface area contributed by atoms with E-state index in [0.29, 0.717) is 30.2 Å². The predicted molar refractivity (Wildman–Crippen MR) is 131 cm³/mol. The highest BCUT2D eigenvalue weighted by Crippen LogP contribution is 2.27. The summed E-state index contributed by atoms with van der Waals surface area (Å²) in [6.07, 6.45) is 1.94. The minimum absolute atomic E-state index is 0.0212. The van der Waals surface area contributed by atoms with Gasteiger partial charge in [-0.15, -0.1) is 0 Å². The Kier molecular flexibility index (Phi) is 7.91. The summed E-state index contributed by atoms with van der Waals surface area (Å²) in [6.45, 7) is 6.70. The third kappa shape index (κ3) is 5.99. The van der Waals surface area contributed by atoms with E-state index in [1.165, 1.54) is 12.1 Å². The SMILES string of the molecule is CCOc1ccc(S(=O)(=O)Nc2ccc(N3CCNCC3)c(C(=O)NCC3CCCO3)c2)cc1. The number of ether oxygens (including phenoxy) is 2. The number of carbonyl (C=O) groups excluding carboxylic acids is 1. The molecule has 9 nitrogen and oxygen atoms in total. The lowest BCUT2D eigenvalue weighted by molar-refractivity contribution is 0.0858. The number of nitrogens with one attached hydrogen (secondary N) is 3. The maximum absolute atomic E-state index is 13.2. The van der Waals surface area contributed by atoms with Crippen molar-refractivity contribution >= 4 is 27.3 Å². The van der Waals surface area contributed by atoms with E-state index in [-0.39, 0.29) is 16.9 Å². The number of anilines is 2. The quantitative estimate of drug-likeness (QED) is 0.497. The average molecular weight is 489 g/mol. The summed E-state index contributed by atoms with van der Waals surface area (Å²) >= 11 is 0. The molecule has 2 aromatic rings. The first-order valence-corrected chi connectivity index (χ1v) is 13.2. The Hall–Kier alpha value is -2.82. The molecule has 4 rings (SSSR count).